The monoisotopic (exact) mass is 348 g/mol. The quantitative estimate of drug-likeness (QED) is 0.923. The third-order valence-electron chi connectivity index (χ3n) is 3.89. The standard InChI is InChI=1S/C17H21FN4OS/c1-12(2)19-16(23)14-11-24-17(20-14)22-9-7-21(8-10-22)15-6-4-3-5-13(15)18/h3-6,11-12H,7-10H2,1-2H3,(H,19,23). The number of nitrogens with zero attached hydrogens (tertiary/aromatic N) is 3. The first kappa shape index (κ1) is 16.7. The van der Waals surface area contributed by atoms with Gasteiger partial charge in [-0.05, 0) is 26.0 Å². The summed E-state index contributed by atoms with van der Waals surface area (Å²) in [6.07, 6.45) is 0. The number of hydrogen-bond acceptors (Lipinski definition) is 5. The minimum Gasteiger partial charge on any atom is -0.366 e. The summed E-state index contributed by atoms with van der Waals surface area (Å²) in [6.45, 7) is 6.82. The Kier molecular flexibility index (Phi) is 4.99. The summed E-state index contributed by atoms with van der Waals surface area (Å²) in [6, 6.07) is 6.94. The Morgan fingerprint density at radius 3 is 2.54 bits per heavy atom. The zero-order valence-electron chi connectivity index (χ0n) is 13.8. The molecule has 7 heteroatoms. The molecule has 1 amide bonds. The van der Waals surface area contributed by atoms with E-state index in [1.54, 1.807) is 11.4 Å². The molecule has 0 radical (unpaired) electrons. The molecule has 2 heterocycles. The second-order valence-corrected chi connectivity index (χ2v) is 6.91. The number of carbonyl (C=O) groups excluding carboxylic acids is 1. The van der Waals surface area contributed by atoms with Gasteiger partial charge in [-0.25, -0.2) is 9.37 Å². The third-order valence-corrected chi connectivity index (χ3v) is 4.79. The van der Waals surface area contributed by atoms with Crippen molar-refractivity contribution < 1.29 is 9.18 Å². The van der Waals surface area contributed by atoms with Crippen LogP contribution in [0.25, 0.3) is 0 Å². The predicted molar refractivity (Wildman–Crippen MR) is 95.5 cm³/mol. The Balaban J connectivity index is 1.62. The van der Waals surface area contributed by atoms with Gasteiger partial charge in [-0.1, -0.05) is 12.1 Å². The summed E-state index contributed by atoms with van der Waals surface area (Å²) < 4.78 is 13.9. The number of aromatic nitrogens is 1. The number of anilines is 2. The number of halogens is 1. The van der Waals surface area contributed by atoms with Crippen molar-refractivity contribution in [3.05, 3.63) is 41.2 Å². The van der Waals surface area contributed by atoms with E-state index in [0.717, 1.165) is 31.3 Å². The number of amides is 1. The molecule has 1 aliphatic heterocycles. The summed E-state index contributed by atoms with van der Waals surface area (Å²) in [7, 11) is 0. The highest BCUT2D eigenvalue weighted by Gasteiger charge is 2.22. The maximum atomic E-state index is 13.9. The van der Waals surface area contributed by atoms with Gasteiger partial charge in [-0.3, -0.25) is 4.79 Å². The van der Waals surface area contributed by atoms with Gasteiger partial charge in [0.15, 0.2) is 5.13 Å². The van der Waals surface area contributed by atoms with Crippen molar-refractivity contribution >= 4 is 28.1 Å². The van der Waals surface area contributed by atoms with Crippen LogP contribution in [0.15, 0.2) is 29.6 Å². The Labute approximate surface area is 145 Å². The Hall–Kier alpha value is -2.15. The molecule has 0 spiro atoms. The third kappa shape index (κ3) is 3.67. The van der Waals surface area contributed by atoms with Gasteiger partial charge in [0.2, 0.25) is 0 Å². The molecule has 1 aromatic heterocycles. The van der Waals surface area contributed by atoms with Crippen LogP contribution < -0.4 is 15.1 Å². The van der Waals surface area contributed by atoms with Gasteiger partial charge in [0.25, 0.3) is 5.91 Å². The number of thiazole rings is 1. The van der Waals surface area contributed by atoms with E-state index in [0.29, 0.717) is 11.4 Å². The van der Waals surface area contributed by atoms with Gasteiger partial charge >= 0.3 is 0 Å². The van der Waals surface area contributed by atoms with Crippen LogP contribution >= 0.6 is 11.3 Å². The SMILES string of the molecule is CC(C)NC(=O)c1csc(N2CCN(c3ccccc3F)CC2)n1. The minimum atomic E-state index is -0.187. The summed E-state index contributed by atoms with van der Waals surface area (Å²) in [5.74, 6) is -0.328. The van der Waals surface area contributed by atoms with Crippen LogP contribution in [0.2, 0.25) is 0 Å². The van der Waals surface area contributed by atoms with Gasteiger partial charge in [-0.2, -0.15) is 0 Å². The number of nitrogens with one attached hydrogen (secondary N) is 1. The number of benzene rings is 1. The summed E-state index contributed by atoms with van der Waals surface area (Å²) in [5, 5.41) is 5.48. The van der Waals surface area contributed by atoms with Crippen molar-refractivity contribution in [1.29, 1.82) is 0 Å². The van der Waals surface area contributed by atoms with Crippen LogP contribution in [0.3, 0.4) is 0 Å². The van der Waals surface area contributed by atoms with Crippen molar-refractivity contribution in [2.45, 2.75) is 19.9 Å². The van der Waals surface area contributed by atoms with Gasteiger partial charge in [-0.15, -0.1) is 11.3 Å². The molecular weight excluding hydrogens is 327 g/mol. The lowest BCUT2D eigenvalue weighted by molar-refractivity contribution is 0.0939. The maximum absolute atomic E-state index is 13.9. The zero-order valence-corrected chi connectivity index (χ0v) is 14.6. The number of hydrogen-bond donors (Lipinski definition) is 1. The zero-order chi connectivity index (χ0) is 17.1. The normalized spacial score (nSPS) is 15.0. The van der Waals surface area contributed by atoms with E-state index < -0.39 is 0 Å². The summed E-state index contributed by atoms with van der Waals surface area (Å²) in [5.41, 5.74) is 1.11. The summed E-state index contributed by atoms with van der Waals surface area (Å²) >= 11 is 1.47. The molecule has 0 atom stereocenters. The topological polar surface area (TPSA) is 48.5 Å². The first-order chi connectivity index (χ1) is 11.5. The molecule has 5 nitrogen and oxygen atoms in total. The Bertz CT molecular complexity index is 710. The van der Waals surface area contributed by atoms with Crippen molar-refractivity contribution in [1.82, 2.24) is 10.3 Å². The highest BCUT2D eigenvalue weighted by molar-refractivity contribution is 7.13. The smallest absolute Gasteiger partial charge is 0.271 e. The molecule has 0 bridgehead atoms. The van der Waals surface area contributed by atoms with Gasteiger partial charge in [0, 0.05) is 37.6 Å². The van der Waals surface area contributed by atoms with E-state index in [9.17, 15) is 9.18 Å². The average molecular weight is 348 g/mol. The number of para-hydroxylation sites is 1. The van der Waals surface area contributed by atoms with Crippen molar-refractivity contribution in [2.24, 2.45) is 0 Å². The van der Waals surface area contributed by atoms with Gasteiger partial charge in [0.1, 0.15) is 11.5 Å². The molecule has 2 aromatic rings. The number of piperazine rings is 1. The van der Waals surface area contributed by atoms with Gasteiger partial charge < -0.3 is 15.1 Å². The van der Waals surface area contributed by atoms with Crippen LogP contribution in [0, 0.1) is 5.82 Å². The molecule has 3 rings (SSSR count). The minimum absolute atomic E-state index is 0.0898. The van der Waals surface area contributed by atoms with E-state index in [1.807, 2.05) is 30.9 Å². The van der Waals surface area contributed by atoms with Crippen LogP contribution in [0.5, 0.6) is 0 Å². The van der Waals surface area contributed by atoms with Crippen molar-refractivity contribution in [2.75, 3.05) is 36.0 Å². The molecule has 1 saturated heterocycles. The lowest BCUT2D eigenvalue weighted by Crippen LogP contribution is -2.46. The molecule has 1 aromatic carbocycles. The Morgan fingerprint density at radius 1 is 1.21 bits per heavy atom. The highest BCUT2D eigenvalue weighted by atomic mass is 32.1. The van der Waals surface area contributed by atoms with E-state index in [2.05, 4.69) is 15.2 Å². The highest BCUT2D eigenvalue weighted by Crippen LogP contribution is 2.25. The average Bonchev–Trinajstić information content (AvgIpc) is 3.05. The fourth-order valence-corrected chi connectivity index (χ4v) is 3.56. The maximum Gasteiger partial charge on any atom is 0.271 e. The largest absolute Gasteiger partial charge is 0.366 e. The Morgan fingerprint density at radius 2 is 1.88 bits per heavy atom. The van der Waals surface area contributed by atoms with Crippen molar-refractivity contribution in [3.63, 3.8) is 0 Å². The molecular formula is C17H21FN4OS. The first-order valence-corrected chi connectivity index (χ1v) is 8.93. The van der Waals surface area contributed by atoms with Crippen molar-refractivity contribution in [3.8, 4) is 0 Å². The fraction of sp³-hybridized carbons (Fsp3) is 0.412. The molecule has 0 saturated carbocycles. The second-order valence-electron chi connectivity index (χ2n) is 6.07. The van der Waals surface area contributed by atoms with E-state index >= 15 is 0 Å². The fourth-order valence-electron chi connectivity index (χ4n) is 2.70. The molecule has 24 heavy (non-hydrogen) atoms. The lowest BCUT2D eigenvalue weighted by Gasteiger charge is -2.36. The van der Waals surface area contributed by atoms with Crippen LogP contribution in [0.1, 0.15) is 24.3 Å². The molecule has 1 aliphatic rings. The van der Waals surface area contributed by atoms with Crippen LogP contribution in [-0.4, -0.2) is 43.1 Å². The molecule has 1 fully saturated rings. The van der Waals surface area contributed by atoms with E-state index in [4.69, 9.17) is 0 Å². The molecule has 128 valence electrons. The van der Waals surface area contributed by atoms with Crippen LogP contribution in [0.4, 0.5) is 15.2 Å². The number of carbonyl (C=O) groups is 1. The first-order valence-electron chi connectivity index (χ1n) is 8.05. The molecule has 0 aliphatic carbocycles. The summed E-state index contributed by atoms with van der Waals surface area (Å²) in [4.78, 5) is 20.6. The molecule has 0 unspecified atom stereocenters. The van der Waals surface area contributed by atoms with E-state index in [1.165, 1.54) is 17.4 Å². The predicted octanol–water partition coefficient (Wildman–Crippen LogP) is 2.75. The van der Waals surface area contributed by atoms with Crippen LogP contribution in [-0.2, 0) is 0 Å². The lowest BCUT2D eigenvalue weighted by atomic mass is 10.2. The second kappa shape index (κ2) is 7.17. The van der Waals surface area contributed by atoms with E-state index in [-0.39, 0.29) is 17.8 Å². The molecule has 1 N–H and O–H groups in total. The van der Waals surface area contributed by atoms with Gasteiger partial charge in [0.05, 0.1) is 5.69 Å². The number of rotatable bonds is 4.